The molecule has 0 spiro atoms. The molecule has 3 heteroatoms. The van der Waals surface area contributed by atoms with E-state index in [0.717, 1.165) is 82.0 Å². The van der Waals surface area contributed by atoms with Crippen molar-refractivity contribution in [3.05, 3.63) is 87.5 Å². The van der Waals surface area contributed by atoms with Crippen LogP contribution in [0.5, 0.6) is 0 Å². The number of aryl methyl sites for hydroxylation is 2. The Balaban J connectivity index is 0.00000386. The Morgan fingerprint density at radius 2 is 0.727 bits per heavy atom. The van der Waals surface area contributed by atoms with Gasteiger partial charge in [0.05, 0.1) is 0 Å². The normalized spacial score (nSPS) is 12.5. The van der Waals surface area contributed by atoms with Crippen LogP contribution in [0, 0.1) is 11.8 Å². The number of nitrogens with zero attached hydrogens (tertiary/aromatic N) is 2. The Hall–Kier alpha value is -2.43. The van der Waals surface area contributed by atoms with E-state index in [1.807, 2.05) is 14.4 Å². The van der Waals surface area contributed by atoms with Gasteiger partial charge in [-0.2, -0.15) is 0 Å². The second kappa shape index (κ2) is 52.9. The van der Waals surface area contributed by atoms with Crippen molar-refractivity contribution in [3.63, 3.8) is 0 Å². The van der Waals surface area contributed by atoms with E-state index < -0.39 is 0 Å². The zero-order chi connectivity index (χ0) is 55.3. The molecule has 0 fully saturated rings. The molecular weight excluding hydrogens is 976 g/mol. The first-order valence-electron chi connectivity index (χ1n) is 34.1. The average molecular weight is 1100 g/mol. The molecule has 2 aromatic carbocycles. The summed E-state index contributed by atoms with van der Waals surface area (Å²) in [4.78, 5) is 0. The van der Waals surface area contributed by atoms with Gasteiger partial charge in [-0.3, -0.25) is 0 Å². The number of benzene rings is 2. The topological polar surface area (TPSA) is 25.3 Å². The van der Waals surface area contributed by atoms with Crippen molar-refractivity contribution in [1.82, 2.24) is 0 Å². The van der Waals surface area contributed by atoms with Crippen molar-refractivity contribution in [3.8, 4) is 11.8 Å². The van der Waals surface area contributed by atoms with E-state index in [-0.39, 0.29) is 0 Å². The van der Waals surface area contributed by atoms with Crippen LogP contribution in [-0.4, -0.2) is 4.70 Å². The molecule has 1 aliphatic heterocycles. The maximum atomic E-state index is 12.4. The van der Waals surface area contributed by atoms with Gasteiger partial charge in [0.15, 0.2) is 0 Å². The molecule has 0 radical (unpaired) electrons. The monoisotopic (exact) mass is 1100 g/mol. The number of allylic oxidation sites excluding steroid dienone is 2. The van der Waals surface area contributed by atoms with E-state index in [1.54, 1.807) is 4.70 Å². The van der Waals surface area contributed by atoms with E-state index in [0.29, 0.717) is 0 Å². The van der Waals surface area contributed by atoms with Crippen LogP contribution >= 0.6 is 0 Å². The molecule has 442 valence electrons. The van der Waals surface area contributed by atoms with Gasteiger partial charge in [-0.25, -0.2) is 4.70 Å². The van der Waals surface area contributed by atoms with Crippen LogP contribution in [0.4, 0.5) is 0 Å². The van der Waals surface area contributed by atoms with E-state index in [4.69, 9.17) is 0 Å². The summed E-state index contributed by atoms with van der Waals surface area (Å²) in [6.45, 7) is 13.6. The quantitative estimate of drug-likeness (QED) is 0.0273. The summed E-state index contributed by atoms with van der Waals surface area (Å²) in [5.41, 5.74) is 22.3. The van der Waals surface area contributed by atoms with Crippen LogP contribution in [0.25, 0.3) is 16.9 Å². The summed E-state index contributed by atoms with van der Waals surface area (Å²) >= 11 is 1.82. The zero-order valence-electron chi connectivity index (χ0n) is 52.2. The molecule has 0 bridgehead atoms. The molecule has 2 nitrogen and oxygen atoms in total. The van der Waals surface area contributed by atoms with Gasteiger partial charge >= 0.3 is 39.1 Å². The molecule has 77 heavy (non-hydrogen) atoms. The van der Waals surface area contributed by atoms with Crippen LogP contribution in [0.1, 0.15) is 359 Å². The standard InChI is InChI=1S/C70H116N2.2C2H5.Ni/c1-5-9-13-15-17-19-21-23-25-27-29-30-31-32-33-34-36-38-40-42-44-46-48-50-56-64-57-51-52-61-66(64)70-68(60-12-8-4)67(59-11-7-3)69(72(70)71)65-58-53-55-63(62-65)54-49-47-45-43-41-39-37-35-28-26-24-22-20-18-16-14-10-6-2;2*1-2;/h51-53,55,57-58,61-62H,5-43,45,47-50,54,56,59-60H2,1-4H3;2*1H2,2H3;. The summed E-state index contributed by atoms with van der Waals surface area (Å²) in [6, 6.07) is 18.1. The molecule has 3 rings (SSSR count). The van der Waals surface area contributed by atoms with Gasteiger partial charge in [0, 0.05) is 35.1 Å². The summed E-state index contributed by atoms with van der Waals surface area (Å²) < 4.78 is 1.62. The van der Waals surface area contributed by atoms with Crippen LogP contribution in [0.15, 0.2) is 59.7 Å². The summed E-state index contributed by atoms with van der Waals surface area (Å²) in [6.07, 6.45) is 64.1. The predicted molar refractivity (Wildman–Crippen MR) is 342 cm³/mol. The molecule has 0 N–H and O–H groups in total. The minimum atomic E-state index is 0.940. The molecule has 0 unspecified atom stereocenters. The van der Waals surface area contributed by atoms with Crippen molar-refractivity contribution < 1.29 is 19.1 Å². The Labute approximate surface area is 487 Å². The molecule has 1 heterocycles. The predicted octanol–water partition coefficient (Wildman–Crippen LogP) is 25.9. The third-order valence-corrected chi connectivity index (χ3v) is 17.3. The van der Waals surface area contributed by atoms with E-state index >= 15 is 0 Å². The maximum absolute atomic E-state index is 12.4. The van der Waals surface area contributed by atoms with Crippen LogP contribution in [-0.2, 0) is 27.3 Å². The molecule has 2 aromatic rings. The van der Waals surface area contributed by atoms with Crippen molar-refractivity contribution >= 4 is 11.4 Å². The van der Waals surface area contributed by atoms with Crippen molar-refractivity contribution in [1.29, 1.82) is 0 Å². The van der Waals surface area contributed by atoms with Gasteiger partial charge in [-0.1, -0.05) is 296 Å². The first kappa shape index (κ1) is 70.7. The third kappa shape index (κ3) is 35.8. The number of hydrogen-bond donors (Lipinski definition) is 0. The average Bonchev–Trinajstić information content (AvgIpc) is 3.73. The van der Waals surface area contributed by atoms with Crippen molar-refractivity contribution in [2.75, 3.05) is 0 Å². The molecule has 0 aliphatic carbocycles. The summed E-state index contributed by atoms with van der Waals surface area (Å²) in [5, 5.41) is 2.56. The Morgan fingerprint density at radius 3 is 1.14 bits per heavy atom. The summed E-state index contributed by atoms with van der Waals surface area (Å²) in [7, 11) is 0. The van der Waals surface area contributed by atoms with Gasteiger partial charge in [0.2, 0.25) is 11.4 Å². The van der Waals surface area contributed by atoms with Crippen LogP contribution < -0.4 is 0 Å². The number of rotatable bonds is 51. The van der Waals surface area contributed by atoms with Gasteiger partial charge in [-0.05, 0) is 87.1 Å². The Kier molecular flexibility index (Phi) is 48.6. The van der Waals surface area contributed by atoms with Crippen LogP contribution in [0.2, 0.25) is 10.8 Å². The molecular formula is C74H126N2Ni. The summed E-state index contributed by atoms with van der Waals surface area (Å²) in [5.74, 6) is 7.04. The molecule has 0 atom stereocenters. The molecule has 0 saturated heterocycles. The van der Waals surface area contributed by atoms with Gasteiger partial charge < -0.3 is 5.53 Å². The zero-order valence-corrected chi connectivity index (χ0v) is 53.2. The molecule has 0 saturated carbocycles. The van der Waals surface area contributed by atoms with E-state index in [2.05, 4.69) is 102 Å². The van der Waals surface area contributed by atoms with Crippen LogP contribution in [0.3, 0.4) is 0 Å². The van der Waals surface area contributed by atoms with Gasteiger partial charge in [-0.15, -0.1) is 11.8 Å². The fraction of sp³-hybridized carbons (Fsp3) is 0.757. The first-order valence-corrected chi connectivity index (χ1v) is 35.5. The Morgan fingerprint density at radius 1 is 0.351 bits per heavy atom. The second-order valence-electron chi connectivity index (χ2n) is 23.2. The van der Waals surface area contributed by atoms with Gasteiger partial charge in [0.1, 0.15) is 0 Å². The second-order valence-corrected chi connectivity index (χ2v) is 25.1. The molecule has 1 aliphatic rings. The van der Waals surface area contributed by atoms with E-state index in [9.17, 15) is 5.53 Å². The third-order valence-electron chi connectivity index (χ3n) is 16.3. The van der Waals surface area contributed by atoms with Crippen molar-refractivity contribution in [2.24, 2.45) is 0 Å². The first-order chi connectivity index (χ1) is 38.1. The SMILES string of the molecule is CCCCCCCCCCCCCCCCCCCCCC#CCCCc1ccccc1C1=C(CCCC)C(CCCC)=C(c2cccc(CCCCCCCCCCCCCCCCCCCC)c2)[N+]1=[N-].C[CH2][Ni][CH2]C. The van der Waals surface area contributed by atoms with Crippen molar-refractivity contribution in [2.45, 2.75) is 361 Å². The molecule has 0 aromatic heterocycles. The fourth-order valence-electron chi connectivity index (χ4n) is 11.5. The van der Waals surface area contributed by atoms with Gasteiger partial charge in [0.25, 0.3) is 0 Å². The minimum absolute atomic E-state index is 0.940. The number of hydrogen-bond acceptors (Lipinski definition) is 0. The van der Waals surface area contributed by atoms with E-state index in [1.165, 1.54) is 282 Å². The number of unbranched alkanes of at least 4 members (excludes halogenated alkanes) is 39. The fourth-order valence-corrected chi connectivity index (χ4v) is 12.0. The Bertz CT molecular complexity index is 1800. The molecule has 0 amide bonds.